The Morgan fingerprint density at radius 3 is 2.73 bits per heavy atom. The normalized spacial score (nSPS) is 23.3. The summed E-state index contributed by atoms with van der Waals surface area (Å²) in [5.74, 6) is 0.0309. The monoisotopic (exact) mass is 301 g/mol. The number of rotatable bonds is 4. The summed E-state index contributed by atoms with van der Waals surface area (Å²) in [5.41, 5.74) is 0.919. The molecule has 1 aromatic heterocycles. The molecule has 0 aromatic carbocycles. The highest BCUT2D eigenvalue weighted by Crippen LogP contribution is 2.36. The van der Waals surface area contributed by atoms with Crippen molar-refractivity contribution in [3.8, 4) is 0 Å². The summed E-state index contributed by atoms with van der Waals surface area (Å²) < 4.78 is 0. The van der Waals surface area contributed by atoms with E-state index in [2.05, 4.69) is 4.98 Å². The van der Waals surface area contributed by atoms with E-state index in [1.807, 2.05) is 30.0 Å². The quantitative estimate of drug-likeness (QED) is 0.855. The molecule has 5 heteroatoms. The predicted molar refractivity (Wildman–Crippen MR) is 82.9 cm³/mol. The van der Waals surface area contributed by atoms with Gasteiger partial charge in [0.2, 0.25) is 11.8 Å². The summed E-state index contributed by atoms with van der Waals surface area (Å²) in [6.45, 7) is 2.71. The van der Waals surface area contributed by atoms with Crippen LogP contribution < -0.4 is 0 Å². The molecule has 2 fully saturated rings. The van der Waals surface area contributed by atoms with Crippen LogP contribution in [-0.2, 0) is 9.59 Å². The highest BCUT2D eigenvalue weighted by Gasteiger charge is 2.41. The van der Waals surface area contributed by atoms with Gasteiger partial charge in [0.15, 0.2) is 0 Å². The third-order valence-corrected chi connectivity index (χ3v) is 4.74. The summed E-state index contributed by atoms with van der Waals surface area (Å²) in [6.07, 6.45) is 4.99. The number of likely N-dealkylation sites (tertiary alicyclic amines) is 1. The minimum Gasteiger partial charge on any atom is -0.346 e. The largest absolute Gasteiger partial charge is 0.346 e. The molecule has 0 bridgehead atoms. The van der Waals surface area contributed by atoms with Crippen LogP contribution in [0.25, 0.3) is 0 Å². The maximum atomic E-state index is 13.0. The van der Waals surface area contributed by atoms with Gasteiger partial charge in [-0.15, -0.1) is 0 Å². The molecule has 0 N–H and O–H groups in total. The predicted octanol–water partition coefficient (Wildman–Crippen LogP) is 2.00. The van der Waals surface area contributed by atoms with Crippen molar-refractivity contribution in [3.05, 3.63) is 30.1 Å². The van der Waals surface area contributed by atoms with Crippen LogP contribution >= 0.6 is 0 Å². The molecule has 0 unspecified atom stereocenters. The molecular formula is C17H23N3O2. The van der Waals surface area contributed by atoms with Crippen molar-refractivity contribution in [2.75, 3.05) is 13.6 Å². The molecule has 118 valence electrons. The van der Waals surface area contributed by atoms with Crippen molar-refractivity contribution >= 4 is 11.8 Å². The Labute approximate surface area is 131 Å². The number of hydrogen-bond donors (Lipinski definition) is 0. The number of carbonyl (C=O) groups is 2. The number of piperidine rings is 1. The summed E-state index contributed by atoms with van der Waals surface area (Å²) in [6, 6.07) is 6.09. The molecule has 1 saturated carbocycles. The van der Waals surface area contributed by atoms with Gasteiger partial charge >= 0.3 is 0 Å². The number of pyridine rings is 1. The third-order valence-electron chi connectivity index (χ3n) is 4.74. The van der Waals surface area contributed by atoms with Gasteiger partial charge in [-0.3, -0.25) is 14.6 Å². The van der Waals surface area contributed by atoms with Crippen molar-refractivity contribution in [2.24, 2.45) is 5.92 Å². The topological polar surface area (TPSA) is 53.5 Å². The first-order valence-electron chi connectivity index (χ1n) is 8.05. The lowest BCUT2D eigenvalue weighted by Crippen LogP contribution is -2.45. The minimum absolute atomic E-state index is 0.0315. The second-order valence-electron chi connectivity index (χ2n) is 6.41. The molecule has 2 aliphatic rings. The number of nitrogens with zero attached hydrogens (tertiary/aromatic N) is 3. The molecule has 1 aliphatic carbocycles. The zero-order valence-corrected chi connectivity index (χ0v) is 13.2. The first kappa shape index (κ1) is 15.0. The average molecular weight is 301 g/mol. The highest BCUT2D eigenvalue weighted by atomic mass is 16.2. The number of aromatic nitrogens is 1. The lowest BCUT2D eigenvalue weighted by molar-refractivity contribution is -0.146. The van der Waals surface area contributed by atoms with Gasteiger partial charge < -0.3 is 9.80 Å². The second kappa shape index (κ2) is 6.07. The van der Waals surface area contributed by atoms with Crippen molar-refractivity contribution in [1.82, 2.24) is 14.8 Å². The fourth-order valence-corrected chi connectivity index (χ4v) is 3.17. The summed E-state index contributed by atoms with van der Waals surface area (Å²) in [7, 11) is 1.80. The van der Waals surface area contributed by atoms with Gasteiger partial charge in [0.1, 0.15) is 0 Å². The van der Waals surface area contributed by atoms with Gasteiger partial charge in [-0.05, 0) is 38.3 Å². The van der Waals surface area contributed by atoms with E-state index in [9.17, 15) is 9.59 Å². The zero-order chi connectivity index (χ0) is 15.7. The Bertz CT molecular complexity index is 556. The highest BCUT2D eigenvalue weighted by molar-refractivity contribution is 5.87. The fourth-order valence-electron chi connectivity index (χ4n) is 3.17. The van der Waals surface area contributed by atoms with E-state index in [4.69, 9.17) is 0 Å². The zero-order valence-electron chi connectivity index (χ0n) is 13.2. The van der Waals surface area contributed by atoms with E-state index in [0.717, 1.165) is 25.0 Å². The van der Waals surface area contributed by atoms with Gasteiger partial charge in [-0.2, -0.15) is 0 Å². The molecule has 0 spiro atoms. The Balaban J connectivity index is 1.76. The maximum Gasteiger partial charge on any atom is 0.227 e. The van der Waals surface area contributed by atoms with Gasteiger partial charge in [-0.1, -0.05) is 6.07 Å². The van der Waals surface area contributed by atoms with E-state index < -0.39 is 0 Å². The van der Waals surface area contributed by atoms with Crippen molar-refractivity contribution in [2.45, 2.75) is 44.7 Å². The van der Waals surface area contributed by atoms with Gasteiger partial charge in [-0.25, -0.2) is 0 Å². The van der Waals surface area contributed by atoms with Crippen LogP contribution in [0.15, 0.2) is 24.4 Å². The van der Waals surface area contributed by atoms with Crippen molar-refractivity contribution in [1.29, 1.82) is 0 Å². The van der Waals surface area contributed by atoms with E-state index in [1.54, 1.807) is 18.1 Å². The Kier molecular flexibility index (Phi) is 4.14. The molecule has 22 heavy (non-hydrogen) atoms. The summed E-state index contributed by atoms with van der Waals surface area (Å²) in [5, 5.41) is 0. The van der Waals surface area contributed by atoms with Crippen LogP contribution in [0.4, 0.5) is 0 Å². The maximum absolute atomic E-state index is 13.0. The minimum atomic E-state index is -0.171. The SMILES string of the molecule is C[C@H](c1ccccn1)N(C(=O)[C@H]1CCN(C)C(=O)C1)C1CC1. The van der Waals surface area contributed by atoms with E-state index in [1.165, 1.54) is 0 Å². The molecule has 0 radical (unpaired) electrons. The van der Waals surface area contributed by atoms with Crippen LogP contribution in [0.1, 0.15) is 44.3 Å². The number of carbonyl (C=O) groups excluding carboxylic acids is 2. The van der Waals surface area contributed by atoms with Crippen molar-refractivity contribution in [3.63, 3.8) is 0 Å². The standard InChI is InChI=1S/C17H23N3O2/c1-12(15-5-3-4-9-18-15)20(14-6-7-14)17(22)13-8-10-19(2)16(21)11-13/h3-5,9,12-14H,6-8,10-11H2,1-2H3/t12-,13+/m1/s1. The molecule has 1 aromatic rings. The summed E-state index contributed by atoms with van der Waals surface area (Å²) in [4.78, 5) is 33.0. The third kappa shape index (κ3) is 2.98. The first-order valence-corrected chi connectivity index (χ1v) is 8.05. The Morgan fingerprint density at radius 1 is 1.36 bits per heavy atom. The smallest absolute Gasteiger partial charge is 0.227 e. The van der Waals surface area contributed by atoms with Gasteiger partial charge in [0.05, 0.1) is 11.7 Å². The van der Waals surface area contributed by atoms with Crippen LogP contribution in [0.5, 0.6) is 0 Å². The molecule has 5 nitrogen and oxygen atoms in total. The Hall–Kier alpha value is -1.91. The van der Waals surface area contributed by atoms with Crippen LogP contribution in [-0.4, -0.2) is 46.2 Å². The lowest BCUT2D eigenvalue weighted by atomic mass is 9.94. The van der Waals surface area contributed by atoms with Crippen LogP contribution in [0.3, 0.4) is 0 Å². The van der Waals surface area contributed by atoms with E-state index >= 15 is 0 Å². The van der Waals surface area contributed by atoms with E-state index in [0.29, 0.717) is 19.0 Å². The Morgan fingerprint density at radius 2 is 2.14 bits per heavy atom. The van der Waals surface area contributed by atoms with Crippen LogP contribution in [0.2, 0.25) is 0 Å². The molecular weight excluding hydrogens is 278 g/mol. The van der Waals surface area contributed by atoms with Crippen LogP contribution in [0, 0.1) is 5.92 Å². The van der Waals surface area contributed by atoms with Crippen molar-refractivity contribution < 1.29 is 9.59 Å². The molecule has 1 saturated heterocycles. The lowest BCUT2D eigenvalue weighted by Gasteiger charge is -2.35. The number of hydrogen-bond acceptors (Lipinski definition) is 3. The molecule has 1 aliphatic heterocycles. The molecule has 2 atom stereocenters. The molecule has 2 heterocycles. The molecule has 3 rings (SSSR count). The van der Waals surface area contributed by atoms with Gasteiger partial charge in [0, 0.05) is 38.2 Å². The number of amides is 2. The van der Waals surface area contributed by atoms with Gasteiger partial charge in [0.25, 0.3) is 0 Å². The van der Waals surface area contributed by atoms with E-state index in [-0.39, 0.29) is 23.8 Å². The summed E-state index contributed by atoms with van der Waals surface area (Å²) >= 11 is 0. The average Bonchev–Trinajstić information content (AvgIpc) is 3.35. The second-order valence-corrected chi connectivity index (χ2v) is 6.41. The molecule has 2 amide bonds. The fraction of sp³-hybridized carbons (Fsp3) is 0.588. The first-order chi connectivity index (χ1) is 10.6.